The van der Waals surface area contributed by atoms with Gasteiger partial charge in [0.25, 0.3) is 5.56 Å². The molecule has 0 aliphatic carbocycles. The van der Waals surface area contributed by atoms with Crippen molar-refractivity contribution in [3.63, 3.8) is 0 Å². The number of nitrogens with one attached hydrogen (secondary N) is 1. The summed E-state index contributed by atoms with van der Waals surface area (Å²) >= 11 is 0. The Bertz CT molecular complexity index is 1020. The molecular weight excluding hydrogens is 354 g/mol. The predicted octanol–water partition coefficient (Wildman–Crippen LogP) is 2.60. The van der Waals surface area contributed by atoms with Crippen LogP contribution in [0.15, 0.2) is 41.6 Å². The number of fused-ring (bicyclic) bond motifs is 1. The predicted molar refractivity (Wildman–Crippen MR) is 109 cm³/mol. The van der Waals surface area contributed by atoms with E-state index in [1.165, 1.54) is 22.7 Å². The summed E-state index contributed by atoms with van der Waals surface area (Å²) in [6, 6.07) is 8.30. The monoisotopic (exact) mass is 381 g/mol. The van der Waals surface area contributed by atoms with Crippen molar-refractivity contribution in [3.05, 3.63) is 58.3 Å². The molecule has 1 N–H and O–H groups in total. The third-order valence-electron chi connectivity index (χ3n) is 5.03. The van der Waals surface area contributed by atoms with Crippen LogP contribution in [0.25, 0.3) is 11.0 Å². The van der Waals surface area contributed by atoms with Crippen molar-refractivity contribution >= 4 is 16.9 Å². The van der Waals surface area contributed by atoms with E-state index in [1.807, 2.05) is 0 Å². The molecule has 148 valence electrons. The van der Waals surface area contributed by atoms with Crippen LogP contribution in [0.3, 0.4) is 0 Å². The Labute approximate surface area is 164 Å². The van der Waals surface area contributed by atoms with E-state index in [4.69, 9.17) is 0 Å². The minimum Gasteiger partial charge on any atom is -0.349 e. The van der Waals surface area contributed by atoms with Crippen molar-refractivity contribution in [1.29, 1.82) is 0 Å². The van der Waals surface area contributed by atoms with Gasteiger partial charge in [-0.15, -0.1) is 0 Å². The van der Waals surface area contributed by atoms with Crippen LogP contribution in [0.5, 0.6) is 0 Å². The highest BCUT2D eigenvalue weighted by atomic mass is 16.2. The van der Waals surface area contributed by atoms with E-state index in [2.05, 4.69) is 60.4 Å². The van der Waals surface area contributed by atoms with Crippen molar-refractivity contribution in [1.82, 2.24) is 24.6 Å². The fourth-order valence-corrected chi connectivity index (χ4v) is 3.29. The van der Waals surface area contributed by atoms with Crippen molar-refractivity contribution < 1.29 is 4.79 Å². The van der Waals surface area contributed by atoms with Gasteiger partial charge in [-0.05, 0) is 23.5 Å². The lowest BCUT2D eigenvalue weighted by atomic mass is 9.94. The maximum atomic E-state index is 12.5. The number of nitrogens with zero attached hydrogens (tertiary/aromatic N) is 4. The van der Waals surface area contributed by atoms with Gasteiger partial charge in [-0.3, -0.25) is 18.8 Å². The molecule has 0 spiro atoms. The zero-order valence-corrected chi connectivity index (χ0v) is 16.8. The van der Waals surface area contributed by atoms with Crippen LogP contribution < -0.4 is 10.9 Å². The normalized spacial score (nSPS) is 12.5. The summed E-state index contributed by atoms with van der Waals surface area (Å²) in [7, 11) is 1.74. The average molecular weight is 381 g/mol. The first-order valence-corrected chi connectivity index (χ1v) is 9.66. The number of hydrogen-bond acceptors (Lipinski definition) is 4. The molecule has 0 unspecified atom stereocenters. The molecule has 1 atom stereocenters. The molecule has 0 radical (unpaired) electrons. The van der Waals surface area contributed by atoms with Gasteiger partial charge in [0, 0.05) is 20.0 Å². The maximum Gasteiger partial charge on any atom is 0.264 e. The van der Waals surface area contributed by atoms with Gasteiger partial charge in [0.05, 0.1) is 18.6 Å². The van der Waals surface area contributed by atoms with Crippen LogP contribution in [0, 0.1) is 5.92 Å². The van der Waals surface area contributed by atoms with Gasteiger partial charge in [0.1, 0.15) is 5.39 Å². The van der Waals surface area contributed by atoms with E-state index in [-0.39, 0.29) is 36.4 Å². The molecule has 3 aromatic rings. The summed E-state index contributed by atoms with van der Waals surface area (Å²) < 4.78 is 3.02. The first kappa shape index (κ1) is 19.8. The molecular formula is C21H27N5O2. The first-order chi connectivity index (χ1) is 13.4. The highest BCUT2D eigenvalue weighted by Crippen LogP contribution is 2.22. The van der Waals surface area contributed by atoms with E-state index in [1.54, 1.807) is 11.7 Å². The van der Waals surface area contributed by atoms with Gasteiger partial charge >= 0.3 is 0 Å². The van der Waals surface area contributed by atoms with Gasteiger partial charge in [-0.2, -0.15) is 5.10 Å². The fraction of sp³-hybridized carbons (Fsp3) is 0.429. The number of hydrogen-bond donors (Lipinski definition) is 1. The van der Waals surface area contributed by atoms with E-state index in [0.29, 0.717) is 11.0 Å². The summed E-state index contributed by atoms with van der Waals surface area (Å²) in [5.74, 6) is 0.170. The largest absolute Gasteiger partial charge is 0.349 e. The highest BCUT2D eigenvalue weighted by molar-refractivity contribution is 5.76. The molecule has 0 aliphatic heterocycles. The highest BCUT2D eigenvalue weighted by Gasteiger charge is 2.18. The van der Waals surface area contributed by atoms with Crippen molar-refractivity contribution in [2.75, 3.05) is 0 Å². The lowest BCUT2D eigenvalue weighted by Crippen LogP contribution is -2.33. The number of rotatable bonds is 7. The van der Waals surface area contributed by atoms with Crippen LogP contribution in [0.1, 0.15) is 44.4 Å². The topological polar surface area (TPSA) is 81.8 Å². The van der Waals surface area contributed by atoms with Crippen LogP contribution in [0.4, 0.5) is 0 Å². The number of carbonyl (C=O) groups is 1. The SMILES string of the molecule is CCc1ccc([C@@H](NC(=O)CCn2cnc3c(cnn3C)c2=O)C(C)C)cc1. The molecule has 28 heavy (non-hydrogen) atoms. The molecule has 3 rings (SSSR count). The van der Waals surface area contributed by atoms with Crippen molar-refractivity contribution in [2.24, 2.45) is 13.0 Å². The molecule has 0 saturated carbocycles. The third kappa shape index (κ3) is 4.13. The third-order valence-corrected chi connectivity index (χ3v) is 5.03. The quantitative estimate of drug-likeness (QED) is 0.682. The Morgan fingerprint density at radius 1 is 1.21 bits per heavy atom. The second-order valence-corrected chi connectivity index (χ2v) is 7.38. The van der Waals surface area contributed by atoms with E-state index in [0.717, 1.165) is 12.0 Å². The number of amides is 1. The summed E-state index contributed by atoms with van der Waals surface area (Å²) in [5, 5.41) is 7.63. The molecule has 0 saturated heterocycles. The standard InChI is InChI=1S/C21H27N5O2/c1-5-15-6-8-16(9-7-15)19(14(2)3)24-18(27)10-11-26-13-22-20-17(21(26)28)12-23-25(20)4/h6-9,12-14,19H,5,10-11H2,1-4H3,(H,24,27)/t19-/m0/s1. The molecule has 2 heterocycles. The minimum absolute atomic E-state index is 0.0611. The van der Waals surface area contributed by atoms with Gasteiger partial charge in [-0.1, -0.05) is 45.0 Å². The van der Waals surface area contributed by atoms with E-state index in [9.17, 15) is 9.59 Å². The van der Waals surface area contributed by atoms with Crippen LogP contribution >= 0.6 is 0 Å². The summed E-state index contributed by atoms with van der Waals surface area (Å²) in [6.07, 6.45) is 4.19. The number of aromatic nitrogens is 4. The Hall–Kier alpha value is -2.96. The molecule has 0 bridgehead atoms. The lowest BCUT2D eigenvalue weighted by Gasteiger charge is -2.23. The molecule has 1 aromatic carbocycles. The molecule has 0 fully saturated rings. The number of aryl methyl sites for hydroxylation is 3. The molecule has 1 amide bonds. The smallest absolute Gasteiger partial charge is 0.264 e. The van der Waals surface area contributed by atoms with E-state index < -0.39 is 0 Å². The van der Waals surface area contributed by atoms with Crippen LogP contribution in [-0.4, -0.2) is 25.2 Å². The van der Waals surface area contributed by atoms with Gasteiger partial charge in [-0.25, -0.2) is 4.98 Å². The summed E-state index contributed by atoms with van der Waals surface area (Å²) in [4.78, 5) is 29.3. The van der Waals surface area contributed by atoms with Crippen LogP contribution in [-0.2, 0) is 24.8 Å². The van der Waals surface area contributed by atoms with Gasteiger partial charge in [0.15, 0.2) is 5.65 Å². The Morgan fingerprint density at radius 3 is 2.57 bits per heavy atom. The summed E-state index contributed by atoms with van der Waals surface area (Å²) in [6.45, 7) is 6.57. The lowest BCUT2D eigenvalue weighted by molar-refractivity contribution is -0.122. The second kappa shape index (κ2) is 8.37. The minimum atomic E-state index is -0.179. The Balaban J connectivity index is 1.68. The van der Waals surface area contributed by atoms with Crippen LogP contribution in [0.2, 0.25) is 0 Å². The Kier molecular flexibility index (Phi) is 5.92. The zero-order chi connectivity index (χ0) is 20.3. The van der Waals surface area contributed by atoms with Gasteiger partial charge < -0.3 is 5.32 Å². The molecule has 0 aliphatic rings. The summed E-state index contributed by atoms with van der Waals surface area (Å²) in [5.41, 5.74) is 2.73. The second-order valence-electron chi connectivity index (χ2n) is 7.38. The van der Waals surface area contributed by atoms with Crippen molar-refractivity contribution in [2.45, 2.75) is 46.2 Å². The molecule has 2 aromatic heterocycles. The van der Waals surface area contributed by atoms with Crippen molar-refractivity contribution in [3.8, 4) is 0 Å². The fourth-order valence-electron chi connectivity index (χ4n) is 3.29. The number of carbonyl (C=O) groups excluding carboxylic acids is 1. The first-order valence-electron chi connectivity index (χ1n) is 9.66. The zero-order valence-electron chi connectivity index (χ0n) is 16.8. The number of benzene rings is 1. The maximum absolute atomic E-state index is 12.5. The molecule has 7 heteroatoms. The van der Waals surface area contributed by atoms with E-state index >= 15 is 0 Å². The molecule has 7 nitrogen and oxygen atoms in total. The Morgan fingerprint density at radius 2 is 1.93 bits per heavy atom. The average Bonchev–Trinajstić information content (AvgIpc) is 3.07. The van der Waals surface area contributed by atoms with Gasteiger partial charge in [0.2, 0.25) is 5.91 Å².